The Morgan fingerprint density at radius 2 is 2.09 bits per heavy atom. The topological polar surface area (TPSA) is 38.8 Å². The van der Waals surface area contributed by atoms with Crippen LogP contribution in [0.2, 0.25) is 5.02 Å². The Morgan fingerprint density at radius 3 is 2.91 bits per heavy atom. The molecule has 0 spiro atoms. The van der Waals surface area contributed by atoms with Crippen molar-refractivity contribution in [2.45, 2.75) is 31.6 Å². The quantitative estimate of drug-likeness (QED) is 0.784. The summed E-state index contributed by atoms with van der Waals surface area (Å²) in [5.74, 6) is 2.10. The van der Waals surface area contributed by atoms with Crippen LogP contribution in [0.3, 0.4) is 0 Å². The lowest BCUT2D eigenvalue weighted by Crippen LogP contribution is -2.47. The fourth-order valence-electron chi connectivity index (χ4n) is 2.74. The first-order valence-corrected chi connectivity index (χ1v) is 9.02. The first kappa shape index (κ1) is 15.8. The van der Waals surface area contributed by atoms with Gasteiger partial charge in [0, 0.05) is 35.6 Å². The van der Waals surface area contributed by atoms with Crippen molar-refractivity contribution in [3.63, 3.8) is 0 Å². The van der Waals surface area contributed by atoms with E-state index < -0.39 is 0 Å². The lowest BCUT2D eigenvalue weighted by Gasteiger charge is -2.37. The van der Waals surface area contributed by atoms with Gasteiger partial charge in [0.15, 0.2) is 11.5 Å². The molecule has 0 unspecified atom stereocenters. The molecule has 6 heteroatoms. The van der Waals surface area contributed by atoms with Gasteiger partial charge < -0.3 is 14.4 Å². The molecule has 2 aliphatic heterocycles. The summed E-state index contributed by atoms with van der Waals surface area (Å²) in [5.41, 5.74) is 0.570. The lowest BCUT2D eigenvalue weighted by atomic mass is 10.1. The summed E-state index contributed by atoms with van der Waals surface area (Å²) in [6, 6.07) is 3.66. The Bertz CT molecular complexity index is 581. The number of carbonyl (C=O) groups is 1. The largest absolute Gasteiger partial charge is 0.489 e. The minimum atomic E-state index is 0.0113. The molecule has 1 amide bonds. The van der Waals surface area contributed by atoms with E-state index in [2.05, 4.69) is 13.8 Å². The van der Waals surface area contributed by atoms with Gasteiger partial charge in [-0.05, 0) is 19.1 Å². The predicted octanol–water partition coefficient (Wildman–Crippen LogP) is 3.47. The van der Waals surface area contributed by atoms with Crippen molar-refractivity contribution in [2.75, 3.05) is 25.5 Å². The number of ether oxygens (including phenoxy) is 2. The van der Waals surface area contributed by atoms with Gasteiger partial charge in [-0.3, -0.25) is 4.79 Å². The fraction of sp³-hybridized carbons (Fsp3) is 0.562. The van der Waals surface area contributed by atoms with Crippen LogP contribution in [0.1, 0.15) is 30.6 Å². The maximum absolute atomic E-state index is 12.8. The summed E-state index contributed by atoms with van der Waals surface area (Å²) in [5, 5.41) is 0.878. The smallest absolute Gasteiger partial charge is 0.254 e. The van der Waals surface area contributed by atoms with Crippen LogP contribution in [0.15, 0.2) is 12.1 Å². The standard InChI is InChI=1S/C16H20ClNO3S/c1-10-11(2)22-7-4-18(10)16(19)12-8-13(17)15-14(9-12)20-5-3-6-21-15/h8-11H,3-7H2,1-2H3/t10-,11-/m1/s1. The summed E-state index contributed by atoms with van der Waals surface area (Å²) in [7, 11) is 0. The number of amides is 1. The summed E-state index contributed by atoms with van der Waals surface area (Å²) in [6.07, 6.45) is 0.812. The normalized spacial score (nSPS) is 24.8. The van der Waals surface area contributed by atoms with Gasteiger partial charge in [-0.15, -0.1) is 0 Å². The fourth-order valence-corrected chi connectivity index (χ4v) is 4.10. The summed E-state index contributed by atoms with van der Waals surface area (Å²) in [4.78, 5) is 14.8. The molecule has 1 aromatic carbocycles. The van der Waals surface area contributed by atoms with Gasteiger partial charge in [0.05, 0.1) is 18.2 Å². The van der Waals surface area contributed by atoms with E-state index in [1.807, 2.05) is 16.7 Å². The van der Waals surface area contributed by atoms with Crippen molar-refractivity contribution >= 4 is 29.3 Å². The van der Waals surface area contributed by atoms with E-state index in [0.717, 1.165) is 18.7 Å². The van der Waals surface area contributed by atoms with E-state index in [9.17, 15) is 4.79 Å². The third kappa shape index (κ3) is 3.01. The molecular formula is C16H20ClNO3S. The van der Waals surface area contributed by atoms with E-state index in [1.165, 1.54) is 0 Å². The second-order valence-electron chi connectivity index (χ2n) is 5.65. The van der Waals surface area contributed by atoms with Crippen LogP contribution >= 0.6 is 23.4 Å². The number of carbonyl (C=O) groups excluding carboxylic acids is 1. The third-order valence-electron chi connectivity index (χ3n) is 4.19. The Hall–Kier alpha value is -1.07. The minimum absolute atomic E-state index is 0.0113. The van der Waals surface area contributed by atoms with Crippen molar-refractivity contribution in [3.8, 4) is 11.5 Å². The van der Waals surface area contributed by atoms with Crippen molar-refractivity contribution < 1.29 is 14.3 Å². The molecular weight excluding hydrogens is 322 g/mol. The second kappa shape index (κ2) is 6.59. The van der Waals surface area contributed by atoms with Crippen LogP contribution in [0.4, 0.5) is 0 Å². The van der Waals surface area contributed by atoms with Crippen LogP contribution in [-0.2, 0) is 0 Å². The highest BCUT2D eigenvalue weighted by molar-refractivity contribution is 8.00. The minimum Gasteiger partial charge on any atom is -0.489 e. The van der Waals surface area contributed by atoms with E-state index in [4.69, 9.17) is 21.1 Å². The van der Waals surface area contributed by atoms with Gasteiger partial charge in [0.1, 0.15) is 0 Å². The Kier molecular flexibility index (Phi) is 4.73. The highest BCUT2D eigenvalue weighted by Gasteiger charge is 2.30. The van der Waals surface area contributed by atoms with Crippen molar-refractivity contribution in [2.24, 2.45) is 0 Å². The molecule has 1 aromatic rings. The molecule has 0 radical (unpaired) electrons. The van der Waals surface area contributed by atoms with Crippen molar-refractivity contribution in [3.05, 3.63) is 22.7 Å². The summed E-state index contributed by atoms with van der Waals surface area (Å²) in [6.45, 7) is 6.18. The average molecular weight is 342 g/mol. The third-order valence-corrected chi connectivity index (χ3v) is 5.81. The second-order valence-corrected chi connectivity index (χ2v) is 7.54. The molecule has 0 aromatic heterocycles. The van der Waals surface area contributed by atoms with Gasteiger partial charge in [0.2, 0.25) is 0 Å². The molecule has 1 fully saturated rings. The van der Waals surface area contributed by atoms with Crippen LogP contribution in [-0.4, -0.2) is 47.6 Å². The molecule has 120 valence electrons. The molecule has 0 saturated carbocycles. The SMILES string of the molecule is C[C@@H]1[C@@H](C)SCCN1C(=O)c1cc(Cl)c2c(c1)OCCCO2. The summed E-state index contributed by atoms with van der Waals surface area (Å²) >= 11 is 8.19. The number of nitrogens with zero attached hydrogens (tertiary/aromatic N) is 1. The average Bonchev–Trinajstić information content (AvgIpc) is 2.75. The van der Waals surface area contributed by atoms with Gasteiger partial charge in [0.25, 0.3) is 5.91 Å². The van der Waals surface area contributed by atoms with Gasteiger partial charge in [-0.1, -0.05) is 18.5 Å². The van der Waals surface area contributed by atoms with E-state index >= 15 is 0 Å². The highest BCUT2D eigenvalue weighted by atomic mass is 35.5. The number of hydrogen-bond donors (Lipinski definition) is 0. The Morgan fingerprint density at radius 1 is 1.32 bits per heavy atom. The number of hydrogen-bond acceptors (Lipinski definition) is 4. The van der Waals surface area contributed by atoms with Crippen LogP contribution < -0.4 is 9.47 Å². The number of rotatable bonds is 1. The Labute approximate surface area is 140 Å². The van der Waals surface area contributed by atoms with Gasteiger partial charge in [-0.2, -0.15) is 11.8 Å². The number of fused-ring (bicyclic) bond motifs is 1. The highest BCUT2D eigenvalue weighted by Crippen LogP contribution is 2.38. The first-order chi connectivity index (χ1) is 10.6. The molecule has 0 bridgehead atoms. The zero-order chi connectivity index (χ0) is 15.7. The van der Waals surface area contributed by atoms with E-state index in [0.29, 0.717) is 40.5 Å². The number of benzene rings is 1. The maximum atomic E-state index is 12.8. The maximum Gasteiger partial charge on any atom is 0.254 e. The van der Waals surface area contributed by atoms with Crippen LogP contribution in [0.5, 0.6) is 11.5 Å². The van der Waals surface area contributed by atoms with Gasteiger partial charge >= 0.3 is 0 Å². The first-order valence-electron chi connectivity index (χ1n) is 7.59. The molecule has 3 rings (SSSR count). The summed E-state index contributed by atoms with van der Waals surface area (Å²) < 4.78 is 11.3. The Balaban J connectivity index is 1.89. The van der Waals surface area contributed by atoms with Crippen LogP contribution in [0.25, 0.3) is 0 Å². The molecule has 22 heavy (non-hydrogen) atoms. The molecule has 0 N–H and O–H groups in total. The monoisotopic (exact) mass is 341 g/mol. The van der Waals surface area contributed by atoms with Crippen LogP contribution in [0, 0.1) is 0 Å². The van der Waals surface area contributed by atoms with Crippen molar-refractivity contribution in [1.82, 2.24) is 4.90 Å². The zero-order valence-corrected chi connectivity index (χ0v) is 14.4. The molecule has 4 nitrogen and oxygen atoms in total. The number of thioether (sulfide) groups is 1. The van der Waals surface area contributed by atoms with E-state index in [-0.39, 0.29) is 11.9 Å². The zero-order valence-electron chi connectivity index (χ0n) is 12.8. The van der Waals surface area contributed by atoms with Gasteiger partial charge in [-0.25, -0.2) is 0 Å². The molecule has 2 aliphatic rings. The molecule has 0 aliphatic carbocycles. The van der Waals surface area contributed by atoms with E-state index in [1.54, 1.807) is 12.1 Å². The lowest BCUT2D eigenvalue weighted by molar-refractivity contribution is 0.0697. The number of halogens is 1. The predicted molar refractivity (Wildman–Crippen MR) is 89.5 cm³/mol. The molecule has 2 atom stereocenters. The molecule has 2 heterocycles. The van der Waals surface area contributed by atoms with Crippen molar-refractivity contribution in [1.29, 1.82) is 0 Å². The molecule has 1 saturated heterocycles.